The summed E-state index contributed by atoms with van der Waals surface area (Å²) in [5.41, 5.74) is 5.95. The minimum atomic E-state index is -0.434. The molecule has 7 heteroatoms. The van der Waals surface area contributed by atoms with Crippen molar-refractivity contribution in [1.29, 1.82) is 0 Å². The number of nitrogens with zero attached hydrogens (tertiary/aromatic N) is 3. The fourth-order valence-corrected chi connectivity index (χ4v) is 3.07. The van der Waals surface area contributed by atoms with Crippen LogP contribution in [-0.2, 0) is 0 Å². The van der Waals surface area contributed by atoms with Crippen LogP contribution in [0.15, 0.2) is 53.6 Å². The van der Waals surface area contributed by atoms with Gasteiger partial charge in [-0.05, 0) is 43.8 Å². The van der Waals surface area contributed by atoms with Crippen molar-refractivity contribution in [1.82, 2.24) is 10.3 Å². The first-order valence-corrected chi connectivity index (χ1v) is 9.30. The number of benzene rings is 2. The summed E-state index contributed by atoms with van der Waals surface area (Å²) in [7, 11) is 2.15. The Kier molecular flexibility index (Phi) is 6.32. The third kappa shape index (κ3) is 5.21. The quantitative estimate of drug-likeness (QED) is 0.624. The van der Waals surface area contributed by atoms with Gasteiger partial charge in [-0.2, -0.15) is 5.10 Å². The van der Waals surface area contributed by atoms with E-state index >= 15 is 0 Å². The monoisotopic (exact) mass is 385 g/mol. The van der Waals surface area contributed by atoms with Crippen molar-refractivity contribution in [3.63, 3.8) is 0 Å². The van der Waals surface area contributed by atoms with Gasteiger partial charge in [-0.1, -0.05) is 35.9 Å². The molecule has 0 bridgehead atoms. The van der Waals surface area contributed by atoms with E-state index in [4.69, 9.17) is 11.6 Å². The van der Waals surface area contributed by atoms with E-state index in [1.807, 2.05) is 19.1 Å². The highest BCUT2D eigenvalue weighted by Gasteiger charge is 2.14. The molecular formula is C20H24ClN5O. The first kappa shape index (κ1) is 19.2. The lowest BCUT2D eigenvalue weighted by Gasteiger charge is -2.34. The van der Waals surface area contributed by atoms with Gasteiger partial charge >= 0.3 is 6.03 Å². The highest BCUT2D eigenvalue weighted by Crippen LogP contribution is 2.20. The van der Waals surface area contributed by atoms with Gasteiger partial charge in [0.1, 0.15) is 0 Å². The molecule has 142 valence electrons. The van der Waals surface area contributed by atoms with Crippen LogP contribution in [0.4, 0.5) is 16.2 Å². The number of nitrogens with one attached hydrogen (secondary N) is 2. The third-order valence-electron chi connectivity index (χ3n) is 4.60. The third-order valence-corrected chi connectivity index (χ3v) is 4.93. The van der Waals surface area contributed by atoms with Gasteiger partial charge in [0.15, 0.2) is 0 Å². The molecule has 0 saturated carbocycles. The maximum atomic E-state index is 12.0. The number of hydrogen-bond acceptors (Lipinski definition) is 4. The van der Waals surface area contributed by atoms with Gasteiger partial charge in [-0.25, -0.2) is 10.2 Å². The maximum Gasteiger partial charge on any atom is 0.339 e. The maximum absolute atomic E-state index is 12.0. The molecule has 0 atom stereocenters. The van der Waals surface area contributed by atoms with Crippen molar-refractivity contribution < 1.29 is 4.79 Å². The van der Waals surface area contributed by atoms with Gasteiger partial charge in [0, 0.05) is 31.9 Å². The smallest absolute Gasteiger partial charge is 0.339 e. The summed E-state index contributed by atoms with van der Waals surface area (Å²) in [5, 5.41) is 7.32. The van der Waals surface area contributed by atoms with E-state index in [2.05, 4.69) is 44.8 Å². The van der Waals surface area contributed by atoms with Crippen molar-refractivity contribution >= 4 is 34.7 Å². The molecular weight excluding hydrogens is 362 g/mol. The number of hydrazone groups is 1. The fraction of sp³-hybridized carbons (Fsp3) is 0.300. The summed E-state index contributed by atoms with van der Waals surface area (Å²) in [6, 6.07) is 14.9. The van der Waals surface area contributed by atoms with Crippen LogP contribution in [0.5, 0.6) is 0 Å². The van der Waals surface area contributed by atoms with Crippen LogP contribution in [0.2, 0.25) is 5.02 Å². The predicted molar refractivity (Wildman–Crippen MR) is 112 cm³/mol. The van der Waals surface area contributed by atoms with Gasteiger partial charge in [0.25, 0.3) is 0 Å². The van der Waals surface area contributed by atoms with Gasteiger partial charge in [0.05, 0.1) is 16.4 Å². The van der Waals surface area contributed by atoms with Crippen molar-refractivity contribution in [3.05, 3.63) is 59.1 Å². The molecule has 27 heavy (non-hydrogen) atoms. The summed E-state index contributed by atoms with van der Waals surface area (Å²) in [6.45, 7) is 6.08. The van der Waals surface area contributed by atoms with Crippen molar-refractivity contribution in [3.8, 4) is 0 Å². The zero-order valence-corrected chi connectivity index (χ0v) is 16.3. The first-order chi connectivity index (χ1) is 13.0. The number of likely N-dealkylation sites (N-methyl/N-ethyl adjacent to an activating group) is 1. The molecule has 0 aromatic heterocycles. The highest BCUT2D eigenvalue weighted by molar-refractivity contribution is 6.33. The standard InChI is InChI=1S/C20H24ClN5O/c1-15(23-24-20(27)22-19-6-4-3-5-18(19)21)16-7-9-17(10-8-16)26-13-11-25(2)12-14-26/h3-10H,11-14H2,1-2H3,(H2,22,24,27)/b23-15+. The molecule has 0 unspecified atom stereocenters. The molecule has 3 rings (SSSR count). The Balaban J connectivity index is 1.57. The molecule has 1 fully saturated rings. The lowest BCUT2D eigenvalue weighted by Crippen LogP contribution is -2.44. The van der Waals surface area contributed by atoms with Crippen molar-refractivity contribution in [2.75, 3.05) is 43.4 Å². The highest BCUT2D eigenvalue weighted by atomic mass is 35.5. The molecule has 2 N–H and O–H groups in total. The number of carbonyl (C=O) groups excluding carboxylic acids is 1. The predicted octanol–water partition coefficient (Wildman–Crippen LogP) is 3.64. The summed E-state index contributed by atoms with van der Waals surface area (Å²) < 4.78 is 0. The van der Waals surface area contributed by atoms with Crippen LogP contribution in [0.1, 0.15) is 12.5 Å². The van der Waals surface area contributed by atoms with E-state index in [1.54, 1.807) is 24.3 Å². The second kappa shape index (κ2) is 8.88. The molecule has 2 aromatic carbocycles. The Morgan fingerprint density at radius 1 is 1.04 bits per heavy atom. The second-order valence-corrected chi connectivity index (χ2v) is 6.99. The molecule has 1 heterocycles. The largest absolute Gasteiger partial charge is 0.369 e. The number of amides is 2. The number of piperazine rings is 1. The van der Waals surface area contributed by atoms with Crippen LogP contribution in [0.3, 0.4) is 0 Å². The Morgan fingerprint density at radius 3 is 2.37 bits per heavy atom. The average molecular weight is 386 g/mol. The number of hydrogen-bond donors (Lipinski definition) is 2. The van der Waals surface area contributed by atoms with Gasteiger partial charge in [0.2, 0.25) is 0 Å². The van der Waals surface area contributed by atoms with E-state index in [9.17, 15) is 4.79 Å². The Morgan fingerprint density at radius 2 is 1.70 bits per heavy atom. The van der Waals surface area contributed by atoms with Gasteiger partial charge in [-0.15, -0.1) is 0 Å². The van der Waals surface area contributed by atoms with E-state index < -0.39 is 6.03 Å². The topological polar surface area (TPSA) is 60.0 Å². The first-order valence-electron chi connectivity index (χ1n) is 8.92. The molecule has 2 aromatic rings. The van der Waals surface area contributed by atoms with E-state index in [0.29, 0.717) is 10.7 Å². The van der Waals surface area contributed by atoms with E-state index in [1.165, 1.54) is 5.69 Å². The minimum Gasteiger partial charge on any atom is -0.369 e. The van der Waals surface area contributed by atoms with Crippen LogP contribution >= 0.6 is 11.6 Å². The van der Waals surface area contributed by atoms with Crippen LogP contribution in [0.25, 0.3) is 0 Å². The molecule has 0 aliphatic carbocycles. The second-order valence-electron chi connectivity index (χ2n) is 6.58. The zero-order chi connectivity index (χ0) is 19.2. The average Bonchev–Trinajstić information content (AvgIpc) is 2.69. The molecule has 6 nitrogen and oxygen atoms in total. The number of rotatable bonds is 4. The summed E-state index contributed by atoms with van der Waals surface area (Å²) in [4.78, 5) is 16.7. The summed E-state index contributed by atoms with van der Waals surface area (Å²) >= 11 is 6.03. The van der Waals surface area contributed by atoms with Gasteiger partial charge < -0.3 is 15.1 Å². The van der Waals surface area contributed by atoms with Gasteiger partial charge in [-0.3, -0.25) is 0 Å². The van der Waals surface area contributed by atoms with Crippen molar-refractivity contribution in [2.45, 2.75) is 6.92 Å². The van der Waals surface area contributed by atoms with Crippen molar-refractivity contribution in [2.24, 2.45) is 5.10 Å². The fourth-order valence-electron chi connectivity index (χ4n) is 2.89. The number of anilines is 2. The van der Waals surface area contributed by atoms with Crippen LogP contribution < -0.4 is 15.6 Å². The molecule has 1 aliphatic rings. The number of carbonyl (C=O) groups is 1. The molecule has 0 spiro atoms. The normalized spacial score (nSPS) is 15.5. The Hall–Kier alpha value is -2.57. The summed E-state index contributed by atoms with van der Waals surface area (Å²) in [5.74, 6) is 0. The van der Waals surface area contributed by atoms with Crippen LogP contribution in [-0.4, -0.2) is 49.9 Å². The number of urea groups is 1. The SMILES string of the molecule is C/C(=N\NC(=O)Nc1ccccc1Cl)c1ccc(N2CCN(C)CC2)cc1. The molecule has 1 aliphatic heterocycles. The minimum absolute atomic E-state index is 0.434. The van der Waals surface area contributed by atoms with E-state index in [-0.39, 0.29) is 0 Å². The Bertz CT molecular complexity index is 813. The lowest BCUT2D eigenvalue weighted by molar-refractivity contribution is 0.252. The van der Waals surface area contributed by atoms with Crippen LogP contribution in [0, 0.1) is 0 Å². The lowest BCUT2D eigenvalue weighted by atomic mass is 10.1. The molecule has 2 amide bonds. The zero-order valence-electron chi connectivity index (χ0n) is 15.6. The number of halogens is 1. The van der Waals surface area contributed by atoms with E-state index in [0.717, 1.165) is 37.5 Å². The number of para-hydroxylation sites is 1. The molecule has 1 saturated heterocycles. The summed E-state index contributed by atoms with van der Waals surface area (Å²) in [6.07, 6.45) is 0. The Labute approximate surface area is 164 Å². The molecule has 0 radical (unpaired) electrons.